The van der Waals surface area contributed by atoms with E-state index in [1.807, 2.05) is 0 Å². The summed E-state index contributed by atoms with van der Waals surface area (Å²) in [6.07, 6.45) is 0.576. The van der Waals surface area contributed by atoms with Crippen molar-refractivity contribution in [3.63, 3.8) is 0 Å². The Bertz CT molecular complexity index is 428. The van der Waals surface area contributed by atoms with Crippen LogP contribution in [0.25, 0.3) is 0 Å². The summed E-state index contributed by atoms with van der Waals surface area (Å²) >= 11 is 0. The van der Waals surface area contributed by atoms with Crippen molar-refractivity contribution in [3.05, 3.63) is 0 Å². The normalized spacial score (nSPS) is 28.3. The number of hydrogen-bond acceptors (Lipinski definition) is 5. The number of aliphatic hydroxyl groups excluding tert-OH is 1. The fourth-order valence-corrected chi connectivity index (χ4v) is 4.52. The zero-order valence-electron chi connectivity index (χ0n) is 17.4. The van der Waals surface area contributed by atoms with Crippen LogP contribution < -0.4 is 5.32 Å². The SMILES string of the molecule is [3H]C1CC(OCC(=O)NCCC[SiH2]OC(C)(C(C)C)C(C)CC)C(O)O1. The van der Waals surface area contributed by atoms with Crippen LogP contribution in [0.15, 0.2) is 0 Å². The van der Waals surface area contributed by atoms with Crippen LogP contribution in [-0.2, 0) is 18.7 Å². The maximum atomic E-state index is 11.8. The monoisotopic (exact) mass is 377 g/mol. The van der Waals surface area contributed by atoms with Crippen molar-refractivity contribution in [2.75, 3.05) is 19.7 Å². The molecule has 0 aromatic heterocycles. The Balaban J connectivity index is 2.13. The molecule has 1 aliphatic heterocycles. The topological polar surface area (TPSA) is 77.0 Å². The van der Waals surface area contributed by atoms with Crippen LogP contribution in [-0.4, -0.2) is 58.5 Å². The maximum Gasteiger partial charge on any atom is 0.246 e. The molecule has 1 aliphatic rings. The molecule has 0 spiro atoms. The minimum Gasteiger partial charge on any atom is -0.418 e. The van der Waals surface area contributed by atoms with Gasteiger partial charge in [-0.25, -0.2) is 0 Å². The predicted octanol–water partition coefficient (Wildman–Crippen LogP) is 1.60. The Hall–Kier alpha value is -0.473. The number of carbonyl (C=O) groups is 1. The second kappa shape index (κ2) is 11.3. The molecular weight excluding hydrogens is 338 g/mol. The number of amides is 1. The number of carbonyl (C=O) groups excluding carboxylic acids is 1. The standard InChI is InChI=1S/C18H37NO5Si/c1-6-14(4)18(5,13(2)3)24-25-11-7-9-19-16(20)12-23-15-8-10-22-17(15)21/h13-15,17,21H,6-12,25H2,1-5H3,(H,19,20)/i10T. The highest BCUT2D eigenvalue weighted by atomic mass is 28.2. The van der Waals surface area contributed by atoms with Gasteiger partial charge in [0.25, 0.3) is 0 Å². The van der Waals surface area contributed by atoms with Gasteiger partial charge in [-0.15, -0.1) is 0 Å². The van der Waals surface area contributed by atoms with Gasteiger partial charge in [0.15, 0.2) is 16.1 Å². The van der Waals surface area contributed by atoms with Crippen LogP contribution in [0.5, 0.6) is 0 Å². The molecule has 7 heteroatoms. The number of hydrogen-bond donors (Lipinski definition) is 2. The first-order valence-corrected chi connectivity index (χ1v) is 11.1. The van der Waals surface area contributed by atoms with Crippen molar-refractivity contribution in [1.29, 1.82) is 0 Å². The first kappa shape index (κ1) is 20.8. The zero-order chi connectivity index (χ0) is 19.7. The Kier molecular flexibility index (Phi) is 9.40. The van der Waals surface area contributed by atoms with Gasteiger partial charge >= 0.3 is 0 Å². The number of nitrogens with one attached hydrogen (secondary N) is 1. The molecule has 0 saturated carbocycles. The second-order valence-electron chi connectivity index (χ2n) is 7.33. The summed E-state index contributed by atoms with van der Waals surface area (Å²) in [6.45, 7) is 10.8. The van der Waals surface area contributed by atoms with Crippen LogP contribution in [0.4, 0.5) is 0 Å². The second-order valence-corrected chi connectivity index (χ2v) is 8.74. The van der Waals surface area contributed by atoms with Crippen molar-refractivity contribution >= 4 is 15.7 Å². The highest BCUT2D eigenvalue weighted by molar-refractivity contribution is 6.27. The van der Waals surface area contributed by atoms with Crippen molar-refractivity contribution in [1.82, 2.24) is 5.32 Å². The third-order valence-electron chi connectivity index (χ3n) is 5.35. The third kappa shape index (κ3) is 7.35. The molecule has 2 N–H and O–H groups in total. The van der Waals surface area contributed by atoms with Gasteiger partial charge in [-0.1, -0.05) is 34.1 Å². The lowest BCUT2D eigenvalue weighted by molar-refractivity contribution is -0.143. The number of ether oxygens (including phenoxy) is 2. The Labute approximate surface area is 156 Å². The van der Waals surface area contributed by atoms with Crippen LogP contribution in [0.3, 0.4) is 0 Å². The Morgan fingerprint density at radius 2 is 2.24 bits per heavy atom. The minimum absolute atomic E-state index is 0.0576. The quantitative estimate of drug-likeness (QED) is 0.399. The van der Waals surface area contributed by atoms with E-state index in [1.54, 1.807) is 0 Å². The van der Waals surface area contributed by atoms with Crippen LogP contribution in [0.2, 0.25) is 6.04 Å². The van der Waals surface area contributed by atoms with E-state index in [9.17, 15) is 9.90 Å². The van der Waals surface area contributed by atoms with Gasteiger partial charge in [0, 0.05) is 13.0 Å². The van der Waals surface area contributed by atoms with E-state index >= 15 is 0 Å². The molecule has 1 saturated heterocycles. The first-order valence-electron chi connectivity index (χ1n) is 10.1. The van der Waals surface area contributed by atoms with E-state index in [0.29, 0.717) is 18.4 Å². The molecule has 148 valence electrons. The zero-order valence-corrected chi connectivity index (χ0v) is 17.8. The van der Waals surface area contributed by atoms with Gasteiger partial charge in [-0.3, -0.25) is 4.79 Å². The van der Waals surface area contributed by atoms with Crippen molar-refractivity contribution in [2.45, 2.75) is 77.9 Å². The molecule has 0 aromatic rings. The van der Waals surface area contributed by atoms with Gasteiger partial charge < -0.3 is 24.3 Å². The summed E-state index contributed by atoms with van der Waals surface area (Å²) in [6, 6.07) is 1.02. The highest BCUT2D eigenvalue weighted by Gasteiger charge is 2.33. The van der Waals surface area contributed by atoms with Gasteiger partial charge in [0.1, 0.15) is 12.7 Å². The van der Waals surface area contributed by atoms with E-state index in [4.69, 9.17) is 15.3 Å². The maximum absolute atomic E-state index is 11.8. The van der Waals surface area contributed by atoms with Crippen molar-refractivity contribution in [2.24, 2.45) is 11.8 Å². The van der Waals surface area contributed by atoms with Gasteiger partial charge in [-0.05, 0) is 31.2 Å². The third-order valence-corrected chi connectivity index (χ3v) is 6.97. The van der Waals surface area contributed by atoms with E-state index in [-0.39, 0.29) is 24.5 Å². The predicted molar refractivity (Wildman–Crippen MR) is 101 cm³/mol. The van der Waals surface area contributed by atoms with Gasteiger partial charge in [-0.2, -0.15) is 0 Å². The summed E-state index contributed by atoms with van der Waals surface area (Å²) in [5.41, 5.74) is -0.0576. The molecule has 0 aromatic carbocycles. The fourth-order valence-electron chi connectivity index (χ4n) is 2.87. The van der Waals surface area contributed by atoms with E-state index in [0.717, 1.165) is 18.9 Å². The van der Waals surface area contributed by atoms with E-state index in [2.05, 4.69) is 39.9 Å². The van der Waals surface area contributed by atoms with Crippen LogP contribution in [0.1, 0.15) is 55.3 Å². The molecule has 0 radical (unpaired) electrons. The van der Waals surface area contributed by atoms with Gasteiger partial charge in [0.05, 0.1) is 13.6 Å². The summed E-state index contributed by atoms with van der Waals surface area (Å²) in [5, 5.41) is 12.3. The lowest BCUT2D eigenvalue weighted by Crippen LogP contribution is -2.42. The van der Waals surface area contributed by atoms with E-state index in [1.165, 1.54) is 0 Å². The highest BCUT2D eigenvalue weighted by Crippen LogP contribution is 2.31. The molecular formula is C18H37NO5Si. The molecule has 25 heavy (non-hydrogen) atoms. The summed E-state index contributed by atoms with van der Waals surface area (Å²) < 4.78 is 23.9. The average Bonchev–Trinajstić information content (AvgIpc) is 2.92. The minimum atomic E-state index is -1.12. The molecule has 6 nitrogen and oxygen atoms in total. The molecule has 5 unspecified atom stereocenters. The molecule has 0 bridgehead atoms. The summed E-state index contributed by atoms with van der Waals surface area (Å²) in [7, 11) is -0.622. The van der Waals surface area contributed by atoms with E-state index < -0.39 is 28.7 Å². The molecule has 1 amide bonds. The molecule has 1 heterocycles. The Morgan fingerprint density at radius 1 is 1.52 bits per heavy atom. The number of rotatable bonds is 12. The largest absolute Gasteiger partial charge is 0.418 e. The van der Waals surface area contributed by atoms with Crippen LogP contribution in [0, 0.1) is 11.8 Å². The van der Waals surface area contributed by atoms with Crippen LogP contribution >= 0.6 is 0 Å². The van der Waals surface area contributed by atoms with Crippen molar-refractivity contribution in [3.8, 4) is 0 Å². The van der Waals surface area contributed by atoms with Gasteiger partial charge in [0.2, 0.25) is 5.91 Å². The molecule has 5 atom stereocenters. The lowest BCUT2D eigenvalue weighted by Gasteiger charge is -2.40. The molecule has 1 rings (SSSR count). The molecule has 0 aliphatic carbocycles. The first-order chi connectivity index (χ1) is 12.2. The van der Waals surface area contributed by atoms with Crippen molar-refractivity contribution < 1.29 is 25.2 Å². The summed E-state index contributed by atoms with van der Waals surface area (Å²) in [5.74, 6) is 0.810. The Morgan fingerprint density at radius 3 is 2.80 bits per heavy atom. The average molecular weight is 378 g/mol. The molecule has 1 fully saturated rings. The summed E-state index contributed by atoms with van der Waals surface area (Å²) in [4.78, 5) is 11.8. The number of aliphatic hydroxyl groups is 1. The smallest absolute Gasteiger partial charge is 0.246 e. The lowest BCUT2D eigenvalue weighted by atomic mass is 9.80. The fraction of sp³-hybridized carbons (Fsp3) is 0.944.